The maximum atomic E-state index is 12.6. The van der Waals surface area contributed by atoms with Gasteiger partial charge in [0.15, 0.2) is 6.61 Å². The lowest BCUT2D eigenvalue weighted by atomic mass is 10.00. The van der Waals surface area contributed by atoms with Gasteiger partial charge in [0.2, 0.25) is 10.0 Å². The second kappa shape index (κ2) is 10.6. The van der Waals surface area contributed by atoms with Crippen LogP contribution < -0.4 is 5.32 Å². The van der Waals surface area contributed by atoms with E-state index in [0.717, 1.165) is 15.4 Å². The van der Waals surface area contributed by atoms with Gasteiger partial charge in [0.1, 0.15) is 0 Å². The molecule has 3 rings (SSSR count). The van der Waals surface area contributed by atoms with Gasteiger partial charge >= 0.3 is 5.97 Å². The third kappa shape index (κ3) is 6.19. The standard InChI is InChI=1S/C24H23ClN2O5S/c1-27(2)33(30,31)19-12-13-21(25)22(15-19)26-23(28)16-32-24(29)20-11-7-6-10-18(20)14-17-8-4-3-5-9-17/h3-13,15H,14,16H2,1-2H3,(H,26,28). The number of rotatable bonds is 8. The zero-order valence-corrected chi connectivity index (χ0v) is 19.7. The highest BCUT2D eigenvalue weighted by molar-refractivity contribution is 7.89. The van der Waals surface area contributed by atoms with E-state index in [1.54, 1.807) is 12.1 Å². The molecule has 9 heteroatoms. The zero-order valence-electron chi connectivity index (χ0n) is 18.1. The van der Waals surface area contributed by atoms with Crippen LogP contribution in [0.3, 0.4) is 0 Å². The molecule has 0 spiro atoms. The molecule has 0 heterocycles. The average Bonchev–Trinajstić information content (AvgIpc) is 2.79. The summed E-state index contributed by atoms with van der Waals surface area (Å²) in [5, 5.41) is 2.65. The highest BCUT2D eigenvalue weighted by Crippen LogP contribution is 2.26. The Bertz CT molecular complexity index is 1260. The van der Waals surface area contributed by atoms with Crippen LogP contribution in [0.15, 0.2) is 77.7 Å². The number of halogens is 1. The lowest BCUT2D eigenvalue weighted by Crippen LogP contribution is -2.23. The maximum Gasteiger partial charge on any atom is 0.338 e. The minimum absolute atomic E-state index is 0.0287. The quantitative estimate of drug-likeness (QED) is 0.486. The summed E-state index contributed by atoms with van der Waals surface area (Å²) >= 11 is 6.10. The number of carbonyl (C=O) groups is 2. The molecule has 33 heavy (non-hydrogen) atoms. The van der Waals surface area contributed by atoms with E-state index in [1.165, 1.54) is 32.3 Å². The molecule has 0 fully saturated rings. The second-order valence-electron chi connectivity index (χ2n) is 7.37. The Morgan fingerprint density at radius 3 is 2.33 bits per heavy atom. The number of nitrogens with zero attached hydrogens (tertiary/aromatic N) is 1. The van der Waals surface area contributed by atoms with Gasteiger partial charge in [-0.1, -0.05) is 60.1 Å². The van der Waals surface area contributed by atoms with Crippen LogP contribution in [0.2, 0.25) is 5.02 Å². The highest BCUT2D eigenvalue weighted by Gasteiger charge is 2.20. The van der Waals surface area contributed by atoms with Crippen molar-refractivity contribution in [2.75, 3.05) is 26.0 Å². The minimum atomic E-state index is -3.71. The number of carbonyl (C=O) groups excluding carboxylic acids is 2. The topological polar surface area (TPSA) is 92.8 Å². The van der Waals surface area contributed by atoms with Crippen LogP contribution in [0.1, 0.15) is 21.5 Å². The number of ether oxygens (including phenoxy) is 1. The summed E-state index contributed by atoms with van der Waals surface area (Å²) in [5.41, 5.74) is 2.29. The number of benzene rings is 3. The van der Waals surface area contributed by atoms with E-state index in [-0.39, 0.29) is 15.6 Å². The Labute approximate surface area is 198 Å². The molecule has 0 aliphatic rings. The molecular formula is C24H23ClN2O5S. The Morgan fingerprint density at radius 2 is 1.64 bits per heavy atom. The fraction of sp³-hybridized carbons (Fsp3) is 0.167. The first kappa shape index (κ1) is 24.4. The van der Waals surface area contributed by atoms with Crippen molar-refractivity contribution in [3.63, 3.8) is 0 Å². The average molecular weight is 487 g/mol. The molecule has 0 bridgehead atoms. The predicted octanol–water partition coefficient (Wildman–Crippen LogP) is 3.98. The third-order valence-corrected chi connectivity index (χ3v) is 6.94. The molecule has 172 valence electrons. The van der Waals surface area contributed by atoms with Crippen LogP contribution >= 0.6 is 11.6 Å². The third-order valence-electron chi connectivity index (χ3n) is 4.80. The summed E-state index contributed by atoms with van der Waals surface area (Å²) in [6.07, 6.45) is 0.543. The van der Waals surface area contributed by atoms with E-state index in [1.807, 2.05) is 42.5 Å². The first-order valence-electron chi connectivity index (χ1n) is 9.99. The Morgan fingerprint density at radius 1 is 0.970 bits per heavy atom. The fourth-order valence-corrected chi connectivity index (χ4v) is 4.15. The minimum Gasteiger partial charge on any atom is -0.452 e. The molecule has 1 N–H and O–H groups in total. The molecule has 0 unspecified atom stereocenters. The van der Waals surface area contributed by atoms with E-state index >= 15 is 0 Å². The van der Waals surface area contributed by atoms with E-state index in [0.29, 0.717) is 12.0 Å². The molecule has 7 nitrogen and oxygen atoms in total. The second-order valence-corrected chi connectivity index (χ2v) is 9.93. The maximum absolute atomic E-state index is 12.6. The molecule has 0 aliphatic carbocycles. The summed E-state index contributed by atoms with van der Waals surface area (Å²) < 4.78 is 30.9. The first-order chi connectivity index (χ1) is 15.7. The summed E-state index contributed by atoms with van der Waals surface area (Å²) in [6, 6.07) is 20.7. The van der Waals surface area contributed by atoms with Crippen molar-refractivity contribution in [2.45, 2.75) is 11.3 Å². The Kier molecular flexibility index (Phi) is 7.86. The lowest BCUT2D eigenvalue weighted by molar-refractivity contribution is -0.119. The van der Waals surface area contributed by atoms with Crippen molar-refractivity contribution in [3.8, 4) is 0 Å². The molecule has 3 aromatic rings. The van der Waals surface area contributed by atoms with Gasteiger partial charge in [-0.2, -0.15) is 0 Å². The largest absolute Gasteiger partial charge is 0.452 e. The monoisotopic (exact) mass is 486 g/mol. The van der Waals surface area contributed by atoms with Gasteiger partial charge in [-0.25, -0.2) is 17.5 Å². The number of amides is 1. The molecule has 0 aromatic heterocycles. The van der Waals surface area contributed by atoms with Crippen LogP contribution in [-0.2, 0) is 26.0 Å². The predicted molar refractivity (Wildman–Crippen MR) is 127 cm³/mol. The summed E-state index contributed by atoms with van der Waals surface area (Å²) in [6.45, 7) is -0.556. The SMILES string of the molecule is CN(C)S(=O)(=O)c1ccc(Cl)c(NC(=O)COC(=O)c2ccccc2Cc2ccccc2)c1. The van der Waals surface area contributed by atoms with Gasteiger partial charge in [-0.05, 0) is 41.8 Å². The van der Waals surface area contributed by atoms with Crippen molar-refractivity contribution in [2.24, 2.45) is 0 Å². The normalized spacial score (nSPS) is 11.3. The van der Waals surface area contributed by atoms with Crippen LogP contribution in [0.25, 0.3) is 0 Å². The van der Waals surface area contributed by atoms with Crippen LogP contribution in [0, 0.1) is 0 Å². The van der Waals surface area contributed by atoms with E-state index in [4.69, 9.17) is 16.3 Å². The van der Waals surface area contributed by atoms with Gasteiger partial charge in [-0.15, -0.1) is 0 Å². The van der Waals surface area contributed by atoms with E-state index < -0.39 is 28.5 Å². The van der Waals surface area contributed by atoms with Crippen molar-refractivity contribution >= 4 is 39.2 Å². The number of nitrogens with one attached hydrogen (secondary N) is 1. The zero-order chi connectivity index (χ0) is 24.0. The molecule has 0 radical (unpaired) electrons. The molecule has 0 aliphatic heterocycles. The molecule has 3 aromatic carbocycles. The van der Waals surface area contributed by atoms with Crippen LogP contribution in [-0.4, -0.2) is 45.3 Å². The smallest absolute Gasteiger partial charge is 0.338 e. The number of anilines is 1. The molecule has 0 atom stereocenters. The summed E-state index contributed by atoms with van der Waals surface area (Å²) in [5.74, 6) is -1.28. The molecule has 0 saturated carbocycles. The fourth-order valence-electron chi connectivity index (χ4n) is 3.06. The Hall–Kier alpha value is -3.20. The number of hydrogen-bond acceptors (Lipinski definition) is 5. The highest BCUT2D eigenvalue weighted by atomic mass is 35.5. The van der Waals surface area contributed by atoms with Crippen molar-refractivity contribution in [3.05, 3.63) is 94.5 Å². The van der Waals surface area contributed by atoms with Gasteiger partial charge in [0.25, 0.3) is 5.91 Å². The first-order valence-corrected chi connectivity index (χ1v) is 11.8. The van der Waals surface area contributed by atoms with Gasteiger partial charge in [0.05, 0.1) is 21.2 Å². The number of sulfonamides is 1. The van der Waals surface area contributed by atoms with Crippen molar-refractivity contribution < 1.29 is 22.7 Å². The Balaban J connectivity index is 1.67. The number of esters is 1. The van der Waals surface area contributed by atoms with Crippen molar-refractivity contribution in [1.29, 1.82) is 0 Å². The van der Waals surface area contributed by atoms with Crippen molar-refractivity contribution in [1.82, 2.24) is 4.31 Å². The van der Waals surface area contributed by atoms with Gasteiger partial charge < -0.3 is 10.1 Å². The van der Waals surface area contributed by atoms with Gasteiger partial charge in [-0.3, -0.25) is 4.79 Å². The van der Waals surface area contributed by atoms with E-state index in [2.05, 4.69) is 5.32 Å². The molecule has 1 amide bonds. The molecule has 0 saturated heterocycles. The van der Waals surface area contributed by atoms with Crippen LogP contribution in [0.5, 0.6) is 0 Å². The number of hydrogen-bond donors (Lipinski definition) is 1. The lowest BCUT2D eigenvalue weighted by Gasteiger charge is -2.14. The van der Waals surface area contributed by atoms with Crippen LogP contribution in [0.4, 0.5) is 5.69 Å². The molecular weight excluding hydrogens is 464 g/mol. The summed E-state index contributed by atoms with van der Waals surface area (Å²) in [7, 11) is -0.906. The summed E-state index contributed by atoms with van der Waals surface area (Å²) in [4.78, 5) is 25.0. The van der Waals surface area contributed by atoms with Gasteiger partial charge in [0, 0.05) is 14.1 Å². The van der Waals surface area contributed by atoms with E-state index in [9.17, 15) is 18.0 Å².